The van der Waals surface area contributed by atoms with Crippen LogP contribution in [0.4, 0.5) is 0 Å². The quantitative estimate of drug-likeness (QED) is 0.179. The van der Waals surface area contributed by atoms with Crippen LogP contribution >= 0.6 is 11.8 Å². The highest BCUT2D eigenvalue weighted by Gasteiger charge is 2.19. The van der Waals surface area contributed by atoms with Crippen molar-refractivity contribution in [3.63, 3.8) is 0 Å². The van der Waals surface area contributed by atoms with Crippen molar-refractivity contribution in [1.29, 1.82) is 0 Å². The van der Waals surface area contributed by atoms with Gasteiger partial charge in [-0.2, -0.15) is 0 Å². The number of esters is 1. The molecule has 9 heteroatoms. The summed E-state index contributed by atoms with van der Waals surface area (Å²) >= 11 is 1.55. The number of carbonyl (C=O) groups excluding carboxylic acids is 1. The van der Waals surface area contributed by atoms with Gasteiger partial charge in [0.15, 0.2) is 5.76 Å². The zero-order valence-corrected chi connectivity index (χ0v) is 22.1. The van der Waals surface area contributed by atoms with Gasteiger partial charge in [0.05, 0.1) is 30.9 Å². The van der Waals surface area contributed by atoms with E-state index in [9.17, 15) is 4.79 Å². The van der Waals surface area contributed by atoms with E-state index in [1.54, 1.807) is 37.3 Å². The van der Waals surface area contributed by atoms with E-state index in [0.29, 0.717) is 34.7 Å². The third-order valence-electron chi connectivity index (χ3n) is 4.98. The van der Waals surface area contributed by atoms with Gasteiger partial charge in [0.2, 0.25) is 11.8 Å². The Kier molecular flexibility index (Phi) is 8.45. The van der Waals surface area contributed by atoms with Crippen LogP contribution in [0.2, 0.25) is 0 Å². The van der Waals surface area contributed by atoms with E-state index in [1.807, 2.05) is 69.3 Å². The lowest BCUT2D eigenvalue weighted by molar-refractivity contribution is -0.155. The van der Waals surface area contributed by atoms with Gasteiger partial charge in [-0.25, -0.2) is 15.0 Å². The highest BCUT2D eigenvalue weighted by atomic mass is 32.2. The molecule has 192 valence electrons. The van der Waals surface area contributed by atoms with Gasteiger partial charge in [-0.05, 0) is 63.2 Å². The second kappa shape index (κ2) is 11.9. The summed E-state index contributed by atoms with van der Waals surface area (Å²) in [7, 11) is 1.58. The third-order valence-corrected chi connectivity index (χ3v) is 5.91. The summed E-state index contributed by atoms with van der Waals surface area (Å²) in [5.41, 5.74) is 1.82. The van der Waals surface area contributed by atoms with E-state index in [4.69, 9.17) is 23.6 Å². The monoisotopic (exact) mass is 519 g/mol. The Morgan fingerprint density at radius 2 is 1.78 bits per heavy atom. The molecule has 0 saturated heterocycles. The van der Waals surface area contributed by atoms with Crippen LogP contribution in [0.15, 0.2) is 76.4 Å². The number of ether oxygens (including phenoxy) is 3. The Labute approximate surface area is 220 Å². The van der Waals surface area contributed by atoms with Gasteiger partial charge in [-0.1, -0.05) is 17.8 Å². The molecule has 0 N–H and O–H groups in total. The summed E-state index contributed by atoms with van der Waals surface area (Å²) in [6.45, 7) is 5.75. The van der Waals surface area contributed by atoms with Crippen LogP contribution in [-0.4, -0.2) is 40.2 Å². The fraction of sp³-hybridized carbons (Fsp3) is 0.286. The van der Waals surface area contributed by atoms with Crippen LogP contribution in [0.1, 0.15) is 33.1 Å². The minimum atomic E-state index is -0.512. The van der Waals surface area contributed by atoms with Crippen LogP contribution in [0.5, 0.6) is 11.6 Å². The number of oxazole rings is 1. The maximum atomic E-state index is 11.9. The van der Waals surface area contributed by atoms with Crippen LogP contribution in [-0.2, 0) is 15.3 Å². The molecule has 4 rings (SSSR count). The third kappa shape index (κ3) is 7.57. The summed E-state index contributed by atoms with van der Waals surface area (Å²) in [4.78, 5) is 25.3. The molecule has 0 radical (unpaired) electrons. The van der Waals surface area contributed by atoms with Gasteiger partial charge in [0.1, 0.15) is 17.0 Å². The Morgan fingerprint density at radius 1 is 1.00 bits per heavy atom. The molecule has 0 unspecified atom stereocenters. The summed E-state index contributed by atoms with van der Waals surface area (Å²) in [5, 5.41) is 0.891. The second-order valence-corrected chi connectivity index (χ2v) is 10.0. The molecule has 3 heterocycles. The number of rotatable bonds is 10. The molecule has 0 fully saturated rings. The molecule has 0 spiro atoms. The lowest BCUT2D eigenvalue weighted by Crippen LogP contribution is -2.24. The molecule has 8 nitrogen and oxygen atoms in total. The molecule has 1 aromatic carbocycles. The molecule has 37 heavy (non-hydrogen) atoms. The fourth-order valence-corrected chi connectivity index (χ4v) is 4.08. The van der Waals surface area contributed by atoms with Crippen molar-refractivity contribution in [3.8, 4) is 34.2 Å². The van der Waals surface area contributed by atoms with Crippen molar-refractivity contribution >= 4 is 17.7 Å². The molecule has 0 aliphatic rings. The molecule has 0 atom stereocenters. The molecular formula is C28H29N3O5S. The average molecular weight is 520 g/mol. The first-order chi connectivity index (χ1) is 17.8. The Balaban J connectivity index is 1.50. The first-order valence-electron chi connectivity index (χ1n) is 11.8. The number of thioether (sulfide) groups is 1. The number of pyridine rings is 2. The van der Waals surface area contributed by atoms with Crippen molar-refractivity contribution in [2.24, 2.45) is 0 Å². The molecular weight excluding hydrogens is 490 g/mol. The minimum Gasteiger partial charge on any atom is -0.493 e. The number of hydrogen-bond acceptors (Lipinski definition) is 9. The lowest BCUT2D eigenvalue weighted by atomic mass is 10.1. The van der Waals surface area contributed by atoms with Crippen LogP contribution < -0.4 is 9.47 Å². The Morgan fingerprint density at radius 3 is 2.43 bits per heavy atom. The summed E-state index contributed by atoms with van der Waals surface area (Å²) < 4.78 is 22.4. The van der Waals surface area contributed by atoms with Crippen molar-refractivity contribution in [2.45, 2.75) is 43.6 Å². The number of nitrogens with zero attached hydrogens (tertiary/aromatic N) is 3. The molecule has 3 aromatic heterocycles. The number of benzene rings is 1. The first kappa shape index (κ1) is 26.2. The van der Waals surface area contributed by atoms with E-state index in [2.05, 4.69) is 9.97 Å². The zero-order chi connectivity index (χ0) is 26.3. The first-order valence-corrected chi connectivity index (χ1v) is 12.8. The van der Waals surface area contributed by atoms with E-state index in [1.165, 1.54) is 0 Å². The van der Waals surface area contributed by atoms with Gasteiger partial charge in [0, 0.05) is 29.6 Å². The van der Waals surface area contributed by atoms with Gasteiger partial charge in [-0.15, -0.1) is 0 Å². The van der Waals surface area contributed by atoms with E-state index in [-0.39, 0.29) is 19.0 Å². The standard InChI is InChI=1S/C28H29N3O5S/c1-28(2,3)36-25(32)14-16-34-21-11-8-19(9-12-21)27-26(20-10-13-22(33-4)30-17-20)31-23(35-27)18-37-24-7-5-6-15-29-24/h5-13,15,17H,14,16,18H2,1-4H3. The minimum absolute atomic E-state index is 0.174. The number of hydrogen-bond donors (Lipinski definition) is 0. The van der Waals surface area contributed by atoms with Gasteiger partial charge in [0.25, 0.3) is 0 Å². The topological polar surface area (TPSA) is 96.6 Å². The van der Waals surface area contributed by atoms with Crippen molar-refractivity contribution in [3.05, 3.63) is 72.9 Å². The molecule has 0 bridgehead atoms. The Hall–Kier alpha value is -3.85. The van der Waals surface area contributed by atoms with E-state index in [0.717, 1.165) is 16.2 Å². The smallest absolute Gasteiger partial charge is 0.309 e. The largest absolute Gasteiger partial charge is 0.493 e. The number of carbonyl (C=O) groups is 1. The van der Waals surface area contributed by atoms with Crippen molar-refractivity contribution in [2.75, 3.05) is 13.7 Å². The van der Waals surface area contributed by atoms with Crippen molar-refractivity contribution in [1.82, 2.24) is 15.0 Å². The van der Waals surface area contributed by atoms with Crippen molar-refractivity contribution < 1.29 is 23.4 Å². The van der Waals surface area contributed by atoms with E-state index < -0.39 is 5.60 Å². The highest BCUT2D eigenvalue weighted by molar-refractivity contribution is 7.98. The van der Waals surface area contributed by atoms with Gasteiger partial charge in [-0.3, -0.25) is 4.79 Å². The van der Waals surface area contributed by atoms with Gasteiger partial charge >= 0.3 is 5.97 Å². The SMILES string of the molecule is COc1ccc(-c2nc(CSc3ccccn3)oc2-c2ccc(OCCC(=O)OC(C)(C)C)cc2)cn1. The lowest BCUT2D eigenvalue weighted by Gasteiger charge is -2.19. The summed E-state index contributed by atoms with van der Waals surface area (Å²) in [5.74, 6) is 2.61. The van der Waals surface area contributed by atoms with E-state index >= 15 is 0 Å². The normalized spacial score (nSPS) is 11.2. The maximum absolute atomic E-state index is 11.9. The maximum Gasteiger partial charge on any atom is 0.309 e. The predicted molar refractivity (Wildman–Crippen MR) is 141 cm³/mol. The molecule has 4 aromatic rings. The summed E-state index contributed by atoms with van der Waals surface area (Å²) in [6.07, 6.45) is 3.64. The van der Waals surface area contributed by atoms with Crippen LogP contribution in [0.3, 0.4) is 0 Å². The Bertz CT molecular complexity index is 1300. The highest BCUT2D eigenvalue weighted by Crippen LogP contribution is 2.35. The van der Waals surface area contributed by atoms with Gasteiger partial charge < -0.3 is 18.6 Å². The number of methoxy groups -OCH3 is 1. The average Bonchev–Trinajstić information content (AvgIpc) is 3.32. The predicted octanol–water partition coefficient (Wildman–Crippen LogP) is 6.21. The summed E-state index contributed by atoms with van der Waals surface area (Å²) in [6, 6.07) is 16.9. The fourth-order valence-electron chi connectivity index (χ4n) is 3.37. The number of aromatic nitrogens is 3. The molecule has 0 aliphatic heterocycles. The molecule has 0 saturated carbocycles. The second-order valence-electron chi connectivity index (χ2n) is 9.04. The van der Waals surface area contributed by atoms with Crippen LogP contribution in [0.25, 0.3) is 22.6 Å². The molecule has 0 amide bonds. The zero-order valence-electron chi connectivity index (χ0n) is 21.3. The molecule has 0 aliphatic carbocycles. The van der Waals surface area contributed by atoms with Crippen LogP contribution in [0, 0.1) is 0 Å².